The summed E-state index contributed by atoms with van der Waals surface area (Å²) in [6.07, 6.45) is 4.58. The maximum absolute atomic E-state index is 2.39. The minimum atomic E-state index is 0.116. The van der Waals surface area contributed by atoms with Gasteiger partial charge in [0.2, 0.25) is 0 Å². The molecular weight excluding hydrogens is 280 g/mol. The first-order chi connectivity index (χ1) is 10.9. The highest BCUT2D eigenvalue weighted by Crippen LogP contribution is 2.44. The van der Waals surface area contributed by atoms with Gasteiger partial charge in [-0.05, 0) is 29.3 Å². The molecule has 0 amide bonds. The van der Waals surface area contributed by atoms with Crippen molar-refractivity contribution in [1.82, 2.24) is 0 Å². The molecule has 0 radical (unpaired) electrons. The molecule has 23 heavy (non-hydrogen) atoms. The molecule has 1 aliphatic rings. The molecule has 2 heteroatoms. The fourth-order valence-corrected chi connectivity index (χ4v) is 3.57. The predicted octanol–water partition coefficient (Wildman–Crippen LogP) is 4.56. The van der Waals surface area contributed by atoms with Crippen LogP contribution in [0.1, 0.15) is 25.0 Å². The number of hydrogen-bond donors (Lipinski definition) is 0. The van der Waals surface area contributed by atoms with Crippen molar-refractivity contribution in [2.75, 3.05) is 30.9 Å². The minimum Gasteiger partial charge on any atom is -0.378 e. The normalized spacial score (nSPS) is 19.2. The summed E-state index contributed by atoms with van der Waals surface area (Å²) in [7, 11) is 6.33. The van der Waals surface area contributed by atoms with Crippen LogP contribution in [0, 0.1) is 0 Å². The van der Waals surface area contributed by atoms with Crippen LogP contribution in [-0.4, -0.2) is 27.2 Å². The van der Waals surface area contributed by atoms with Gasteiger partial charge in [-0.2, -0.15) is 0 Å². The van der Waals surface area contributed by atoms with Gasteiger partial charge in [0.25, 0.3) is 0 Å². The molecule has 2 aromatic rings. The van der Waals surface area contributed by atoms with Gasteiger partial charge in [-0.1, -0.05) is 56.3 Å². The zero-order valence-electron chi connectivity index (χ0n) is 14.7. The van der Waals surface area contributed by atoms with Gasteiger partial charge in [0.15, 0.2) is 0 Å². The number of para-hydroxylation sites is 1. The summed E-state index contributed by atoms with van der Waals surface area (Å²) in [6.45, 7) is 4.67. The van der Waals surface area contributed by atoms with E-state index in [2.05, 4.69) is 105 Å². The molecule has 1 unspecified atom stereocenters. The second-order valence-corrected chi connectivity index (χ2v) is 7.14. The summed E-state index contributed by atoms with van der Waals surface area (Å²) in [5, 5.41) is 0. The Balaban J connectivity index is 1.85. The maximum atomic E-state index is 2.39. The van der Waals surface area contributed by atoms with Crippen LogP contribution in [-0.2, 0) is 5.41 Å². The van der Waals surface area contributed by atoms with Crippen molar-refractivity contribution in [2.45, 2.75) is 25.3 Å². The van der Waals surface area contributed by atoms with Crippen molar-refractivity contribution in [3.63, 3.8) is 0 Å². The van der Waals surface area contributed by atoms with Gasteiger partial charge < -0.3 is 9.80 Å². The van der Waals surface area contributed by atoms with Gasteiger partial charge >= 0.3 is 0 Å². The molecule has 0 saturated heterocycles. The van der Waals surface area contributed by atoms with E-state index in [-0.39, 0.29) is 5.41 Å². The molecule has 0 aliphatic carbocycles. The molecule has 1 atom stereocenters. The molecule has 1 aliphatic heterocycles. The fraction of sp³-hybridized carbons (Fsp3) is 0.333. The highest BCUT2D eigenvalue weighted by Gasteiger charge is 2.41. The van der Waals surface area contributed by atoms with E-state index in [1.54, 1.807) is 0 Å². The van der Waals surface area contributed by atoms with Crippen LogP contribution >= 0.6 is 0 Å². The highest BCUT2D eigenvalue weighted by molar-refractivity contribution is 5.66. The Bertz CT molecular complexity index is 711. The molecule has 3 rings (SSSR count). The average Bonchev–Trinajstić information content (AvgIpc) is 2.73. The summed E-state index contributed by atoms with van der Waals surface area (Å²) in [5.41, 5.74) is 5.37. The Labute approximate surface area is 140 Å². The van der Waals surface area contributed by atoms with E-state index in [0.29, 0.717) is 6.04 Å². The van der Waals surface area contributed by atoms with Crippen molar-refractivity contribution in [1.29, 1.82) is 0 Å². The number of fused-ring (bicyclic) bond motifs is 1. The summed E-state index contributed by atoms with van der Waals surface area (Å²) in [5.74, 6) is 0. The van der Waals surface area contributed by atoms with E-state index in [1.165, 1.54) is 22.5 Å². The second-order valence-electron chi connectivity index (χ2n) is 7.14. The zero-order valence-corrected chi connectivity index (χ0v) is 14.7. The lowest BCUT2D eigenvalue weighted by molar-refractivity contribution is 0.489. The van der Waals surface area contributed by atoms with Crippen molar-refractivity contribution >= 4 is 17.5 Å². The van der Waals surface area contributed by atoms with Crippen LogP contribution < -0.4 is 9.80 Å². The monoisotopic (exact) mass is 306 g/mol. The Morgan fingerprint density at radius 3 is 2.26 bits per heavy atom. The molecule has 0 N–H and O–H groups in total. The summed E-state index contributed by atoms with van der Waals surface area (Å²) >= 11 is 0. The third-order valence-electron chi connectivity index (χ3n) is 5.02. The first-order valence-corrected chi connectivity index (χ1v) is 8.19. The van der Waals surface area contributed by atoms with Crippen molar-refractivity contribution in [3.05, 3.63) is 65.7 Å². The molecular formula is C21H26N2. The van der Waals surface area contributed by atoms with E-state index in [9.17, 15) is 0 Å². The molecule has 120 valence electrons. The molecule has 0 fully saturated rings. The molecule has 0 saturated carbocycles. The Kier molecular flexibility index (Phi) is 3.93. The lowest BCUT2D eigenvalue weighted by Gasteiger charge is -2.29. The van der Waals surface area contributed by atoms with Gasteiger partial charge in [-0.25, -0.2) is 0 Å². The van der Waals surface area contributed by atoms with Gasteiger partial charge in [0.1, 0.15) is 0 Å². The van der Waals surface area contributed by atoms with Gasteiger partial charge in [0.05, 0.1) is 6.04 Å². The lowest BCUT2D eigenvalue weighted by atomic mass is 9.80. The van der Waals surface area contributed by atoms with E-state index in [4.69, 9.17) is 0 Å². The number of nitrogens with zero attached hydrogens (tertiary/aromatic N) is 2. The molecule has 0 aromatic heterocycles. The van der Waals surface area contributed by atoms with E-state index in [1.807, 2.05) is 0 Å². The number of likely N-dealkylation sites (N-methyl/N-ethyl adjacent to an activating group) is 1. The lowest BCUT2D eigenvalue weighted by Crippen LogP contribution is -2.37. The third-order valence-corrected chi connectivity index (χ3v) is 5.02. The van der Waals surface area contributed by atoms with E-state index < -0.39 is 0 Å². The number of rotatable bonds is 3. The number of hydrogen-bond acceptors (Lipinski definition) is 2. The first-order valence-electron chi connectivity index (χ1n) is 8.19. The average molecular weight is 306 g/mol. The van der Waals surface area contributed by atoms with Gasteiger partial charge in [-0.15, -0.1) is 0 Å². The van der Waals surface area contributed by atoms with Crippen molar-refractivity contribution in [3.8, 4) is 0 Å². The second kappa shape index (κ2) is 5.77. The largest absolute Gasteiger partial charge is 0.378 e. The van der Waals surface area contributed by atoms with Crippen LogP contribution in [0.3, 0.4) is 0 Å². The summed E-state index contributed by atoms with van der Waals surface area (Å²) < 4.78 is 0. The molecule has 0 spiro atoms. The predicted molar refractivity (Wildman–Crippen MR) is 101 cm³/mol. The van der Waals surface area contributed by atoms with Crippen molar-refractivity contribution in [2.24, 2.45) is 0 Å². The standard InChI is InChI=1S/C21H26N2/c1-21(2)18-8-6-7-9-19(18)23(5)20(21)15-12-16-10-13-17(14-11-16)22(3)4/h6-15,20H,1-5H3/b15-12+. The summed E-state index contributed by atoms with van der Waals surface area (Å²) in [6, 6.07) is 17.8. The van der Waals surface area contributed by atoms with Crippen LogP contribution in [0.2, 0.25) is 0 Å². The highest BCUT2D eigenvalue weighted by atomic mass is 15.2. The number of benzene rings is 2. The SMILES string of the molecule is CN(C)c1ccc(/C=C/C2N(C)c3ccccc3C2(C)C)cc1. The Morgan fingerprint density at radius 2 is 1.65 bits per heavy atom. The Morgan fingerprint density at radius 1 is 1.00 bits per heavy atom. The zero-order chi connectivity index (χ0) is 16.6. The molecule has 2 aromatic carbocycles. The summed E-state index contributed by atoms with van der Waals surface area (Å²) in [4.78, 5) is 4.51. The fourth-order valence-electron chi connectivity index (χ4n) is 3.57. The third kappa shape index (κ3) is 2.74. The van der Waals surface area contributed by atoms with Crippen LogP contribution in [0.25, 0.3) is 6.08 Å². The van der Waals surface area contributed by atoms with Crippen LogP contribution in [0.15, 0.2) is 54.6 Å². The van der Waals surface area contributed by atoms with Crippen LogP contribution in [0.5, 0.6) is 0 Å². The molecule has 1 heterocycles. The van der Waals surface area contributed by atoms with E-state index >= 15 is 0 Å². The van der Waals surface area contributed by atoms with Gasteiger partial charge in [0, 0.05) is 37.9 Å². The van der Waals surface area contributed by atoms with Crippen LogP contribution in [0.4, 0.5) is 11.4 Å². The van der Waals surface area contributed by atoms with E-state index in [0.717, 1.165) is 0 Å². The van der Waals surface area contributed by atoms with Gasteiger partial charge in [-0.3, -0.25) is 0 Å². The van der Waals surface area contributed by atoms with Crippen molar-refractivity contribution < 1.29 is 0 Å². The maximum Gasteiger partial charge on any atom is 0.0565 e. The number of anilines is 2. The Hall–Kier alpha value is -2.22. The quantitative estimate of drug-likeness (QED) is 0.820. The smallest absolute Gasteiger partial charge is 0.0565 e. The molecule has 2 nitrogen and oxygen atoms in total. The topological polar surface area (TPSA) is 6.48 Å². The first kappa shape index (κ1) is 15.7. The molecule has 0 bridgehead atoms. The minimum absolute atomic E-state index is 0.116.